The number of rotatable bonds is 2. The van der Waals surface area contributed by atoms with E-state index < -0.39 is 4.92 Å². The third-order valence-electron chi connectivity index (χ3n) is 1.83. The lowest BCUT2D eigenvalue weighted by Gasteiger charge is -2.02. The Morgan fingerprint density at radius 1 is 1.64 bits per heavy atom. The van der Waals surface area contributed by atoms with E-state index in [1.807, 2.05) is 6.07 Å². The van der Waals surface area contributed by atoms with Crippen LogP contribution in [-0.4, -0.2) is 4.92 Å². The van der Waals surface area contributed by atoms with Gasteiger partial charge in [0.25, 0.3) is 5.69 Å². The summed E-state index contributed by atoms with van der Waals surface area (Å²) in [6.07, 6.45) is 0.168. The van der Waals surface area contributed by atoms with Crippen molar-refractivity contribution in [2.75, 3.05) is 0 Å². The van der Waals surface area contributed by atoms with Gasteiger partial charge in [-0.15, -0.1) is 0 Å². The van der Waals surface area contributed by atoms with E-state index in [2.05, 4.69) is 15.9 Å². The van der Waals surface area contributed by atoms with Gasteiger partial charge in [-0.3, -0.25) is 10.1 Å². The van der Waals surface area contributed by atoms with Crippen LogP contribution >= 0.6 is 15.9 Å². The molecule has 1 aromatic rings. The monoisotopic (exact) mass is 254 g/mol. The molecule has 5 heteroatoms. The Labute approximate surface area is 89.4 Å². The van der Waals surface area contributed by atoms with Gasteiger partial charge in [0.2, 0.25) is 0 Å². The average molecular weight is 255 g/mol. The van der Waals surface area contributed by atoms with E-state index >= 15 is 0 Å². The van der Waals surface area contributed by atoms with Gasteiger partial charge < -0.3 is 0 Å². The van der Waals surface area contributed by atoms with Crippen molar-refractivity contribution in [3.05, 3.63) is 37.8 Å². The zero-order chi connectivity index (χ0) is 10.7. The van der Waals surface area contributed by atoms with Crippen molar-refractivity contribution in [3.8, 4) is 6.07 Å². The fraction of sp³-hybridized carbons (Fsp3) is 0.222. The molecule has 0 atom stereocenters. The van der Waals surface area contributed by atoms with Gasteiger partial charge in [0.05, 0.1) is 17.4 Å². The molecule has 4 nitrogen and oxygen atoms in total. The van der Waals surface area contributed by atoms with Crippen molar-refractivity contribution in [2.24, 2.45) is 0 Å². The zero-order valence-electron chi connectivity index (χ0n) is 7.45. The van der Waals surface area contributed by atoms with E-state index in [0.717, 1.165) is 4.47 Å². The molecule has 0 radical (unpaired) electrons. The molecule has 0 saturated heterocycles. The van der Waals surface area contributed by atoms with Gasteiger partial charge in [-0.25, -0.2) is 0 Å². The first-order valence-electron chi connectivity index (χ1n) is 3.86. The summed E-state index contributed by atoms with van der Waals surface area (Å²) in [4.78, 5) is 10.2. The first kappa shape index (κ1) is 10.7. The van der Waals surface area contributed by atoms with Crippen LogP contribution in [0.2, 0.25) is 0 Å². The van der Waals surface area contributed by atoms with Crippen molar-refractivity contribution >= 4 is 21.6 Å². The van der Waals surface area contributed by atoms with Crippen LogP contribution in [0.15, 0.2) is 16.6 Å². The van der Waals surface area contributed by atoms with Gasteiger partial charge in [-0.05, 0) is 18.6 Å². The largest absolute Gasteiger partial charge is 0.272 e. The molecule has 1 aromatic carbocycles. The molecule has 0 aliphatic rings. The van der Waals surface area contributed by atoms with Crippen LogP contribution in [0.5, 0.6) is 0 Å². The lowest BCUT2D eigenvalue weighted by atomic mass is 10.1. The molecule has 0 N–H and O–H groups in total. The van der Waals surface area contributed by atoms with E-state index in [9.17, 15) is 10.1 Å². The highest BCUT2D eigenvalue weighted by Crippen LogP contribution is 2.26. The predicted molar refractivity (Wildman–Crippen MR) is 54.9 cm³/mol. The molecule has 0 aromatic heterocycles. The number of nitro groups is 1. The summed E-state index contributed by atoms with van der Waals surface area (Å²) >= 11 is 3.26. The number of nitrogens with zero attached hydrogens (tertiary/aromatic N) is 2. The van der Waals surface area contributed by atoms with Crippen LogP contribution in [0.4, 0.5) is 5.69 Å². The van der Waals surface area contributed by atoms with Crippen LogP contribution in [-0.2, 0) is 6.42 Å². The van der Waals surface area contributed by atoms with Crippen molar-refractivity contribution in [2.45, 2.75) is 13.3 Å². The van der Waals surface area contributed by atoms with Gasteiger partial charge in [0.15, 0.2) is 0 Å². The maximum Gasteiger partial charge on any atom is 0.272 e. The fourth-order valence-corrected chi connectivity index (χ4v) is 1.72. The highest BCUT2D eigenvalue weighted by Gasteiger charge is 2.13. The van der Waals surface area contributed by atoms with Crippen LogP contribution in [0.1, 0.15) is 11.1 Å². The summed E-state index contributed by atoms with van der Waals surface area (Å²) in [6, 6.07) is 5.05. The number of nitro benzene ring substituents is 1. The first-order chi connectivity index (χ1) is 6.56. The average Bonchev–Trinajstić information content (AvgIpc) is 2.09. The standard InChI is InChI=1S/C9H7BrN2O2/c1-6-4-8(10)7(2-3-11)5-9(6)12(13)14/h4-5H,2H2,1H3. The van der Waals surface area contributed by atoms with Crippen LogP contribution in [0.3, 0.4) is 0 Å². The second-order valence-corrected chi connectivity index (χ2v) is 3.68. The normalized spacial score (nSPS) is 9.50. The van der Waals surface area contributed by atoms with E-state index in [-0.39, 0.29) is 12.1 Å². The Morgan fingerprint density at radius 3 is 2.79 bits per heavy atom. The Kier molecular flexibility index (Phi) is 3.20. The summed E-state index contributed by atoms with van der Waals surface area (Å²) in [5, 5.41) is 19.1. The smallest absolute Gasteiger partial charge is 0.258 e. The Bertz CT molecular complexity index is 424. The van der Waals surface area contributed by atoms with Crippen LogP contribution < -0.4 is 0 Å². The van der Waals surface area contributed by atoms with Gasteiger partial charge in [-0.1, -0.05) is 15.9 Å². The molecule has 0 saturated carbocycles. The SMILES string of the molecule is Cc1cc(Br)c(CC#N)cc1[N+](=O)[O-]. The lowest BCUT2D eigenvalue weighted by Crippen LogP contribution is -1.94. The third-order valence-corrected chi connectivity index (χ3v) is 2.57. The molecule has 0 aliphatic carbocycles. The topological polar surface area (TPSA) is 66.9 Å². The molecule has 0 aliphatic heterocycles. The molecular formula is C9H7BrN2O2. The van der Waals surface area contributed by atoms with Crippen LogP contribution in [0, 0.1) is 28.4 Å². The number of aryl methyl sites for hydroxylation is 1. The fourth-order valence-electron chi connectivity index (χ4n) is 1.12. The molecule has 0 spiro atoms. The van der Waals surface area contributed by atoms with Gasteiger partial charge in [-0.2, -0.15) is 5.26 Å². The van der Waals surface area contributed by atoms with Crippen molar-refractivity contribution in [1.82, 2.24) is 0 Å². The Morgan fingerprint density at radius 2 is 2.29 bits per heavy atom. The molecule has 1 rings (SSSR count). The van der Waals surface area contributed by atoms with E-state index in [1.54, 1.807) is 13.0 Å². The number of halogens is 1. The molecule has 0 amide bonds. The number of nitriles is 1. The second-order valence-electron chi connectivity index (χ2n) is 2.82. The van der Waals surface area contributed by atoms with Crippen molar-refractivity contribution < 1.29 is 4.92 Å². The minimum absolute atomic E-state index is 0.0541. The summed E-state index contributed by atoms with van der Waals surface area (Å²) in [6.45, 7) is 1.67. The Hall–Kier alpha value is -1.41. The highest BCUT2D eigenvalue weighted by atomic mass is 79.9. The minimum atomic E-state index is -0.442. The van der Waals surface area contributed by atoms with Gasteiger partial charge >= 0.3 is 0 Å². The molecule has 0 unspecified atom stereocenters. The first-order valence-corrected chi connectivity index (χ1v) is 4.66. The molecular weight excluding hydrogens is 248 g/mol. The highest BCUT2D eigenvalue weighted by molar-refractivity contribution is 9.10. The number of hydrogen-bond acceptors (Lipinski definition) is 3. The van der Waals surface area contributed by atoms with E-state index in [1.165, 1.54) is 6.07 Å². The Balaban J connectivity index is 3.28. The predicted octanol–water partition coefficient (Wildman–Crippen LogP) is 2.73. The maximum absolute atomic E-state index is 10.6. The summed E-state index contributed by atoms with van der Waals surface area (Å²) in [5.74, 6) is 0. The number of hydrogen-bond donors (Lipinski definition) is 0. The summed E-state index contributed by atoms with van der Waals surface area (Å²) < 4.78 is 0.738. The second kappa shape index (κ2) is 4.20. The van der Waals surface area contributed by atoms with Gasteiger partial charge in [0.1, 0.15) is 0 Å². The van der Waals surface area contributed by atoms with Gasteiger partial charge in [0, 0.05) is 16.1 Å². The summed E-state index contributed by atoms with van der Waals surface area (Å²) in [7, 11) is 0. The lowest BCUT2D eigenvalue weighted by molar-refractivity contribution is -0.385. The van der Waals surface area contributed by atoms with E-state index in [4.69, 9.17) is 5.26 Å². The molecule has 0 fully saturated rings. The molecule has 0 bridgehead atoms. The third kappa shape index (κ3) is 2.09. The molecule has 14 heavy (non-hydrogen) atoms. The number of benzene rings is 1. The maximum atomic E-state index is 10.6. The van der Waals surface area contributed by atoms with E-state index in [0.29, 0.717) is 11.1 Å². The minimum Gasteiger partial charge on any atom is -0.258 e. The quantitative estimate of drug-likeness (QED) is 0.602. The van der Waals surface area contributed by atoms with Crippen LogP contribution in [0.25, 0.3) is 0 Å². The van der Waals surface area contributed by atoms with Crippen molar-refractivity contribution in [3.63, 3.8) is 0 Å². The summed E-state index contributed by atoms with van der Waals surface area (Å²) in [5.41, 5.74) is 1.28. The molecule has 72 valence electrons. The zero-order valence-corrected chi connectivity index (χ0v) is 9.04. The molecule has 0 heterocycles. The van der Waals surface area contributed by atoms with Crippen molar-refractivity contribution in [1.29, 1.82) is 5.26 Å².